The van der Waals surface area contributed by atoms with Crippen LogP contribution in [0, 0.1) is 6.92 Å². The van der Waals surface area contributed by atoms with E-state index in [-0.39, 0.29) is 11.8 Å². The molecule has 124 valence electrons. The average Bonchev–Trinajstić information content (AvgIpc) is 2.99. The quantitative estimate of drug-likeness (QED) is 0.726. The van der Waals surface area contributed by atoms with Gasteiger partial charge in [-0.25, -0.2) is 4.99 Å². The molecule has 5 rings (SSSR count). The minimum absolute atomic E-state index is 0.0629. The van der Waals surface area contributed by atoms with Crippen LogP contribution in [0.15, 0.2) is 69.7 Å². The van der Waals surface area contributed by atoms with Crippen LogP contribution in [0.3, 0.4) is 0 Å². The van der Waals surface area contributed by atoms with Gasteiger partial charge in [-0.3, -0.25) is 4.79 Å². The molecule has 0 fully saturated rings. The zero-order chi connectivity index (χ0) is 17.0. The van der Waals surface area contributed by atoms with Gasteiger partial charge >= 0.3 is 0 Å². The number of allylic oxidation sites excluding steroid dienone is 1. The Kier molecular flexibility index (Phi) is 3.35. The topological polar surface area (TPSA) is 32.7 Å². The molecule has 0 N–H and O–H groups in total. The van der Waals surface area contributed by atoms with Gasteiger partial charge in [0.05, 0.1) is 17.4 Å². The zero-order valence-electron chi connectivity index (χ0n) is 14.0. The Morgan fingerprint density at radius 3 is 2.72 bits per heavy atom. The van der Waals surface area contributed by atoms with Crippen LogP contribution >= 0.6 is 11.8 Å². The predicted molar refractivity (Wildman–Crippen MR) is 102 cm³/mol. The number of Topliss-reactive ketones (excluding diaryl/α,β-unsaturated/α-hetero) is 1. The Hall–Kier alpha value is -2.33. The fourth-order valence-electron chi connectivity index (χ4n) is 3.90. The molecule has 1 unspecified atom stereocenters. The van der Waals surface area contributed by atoms with Crippen molar-refractivity contribution in [2.45, 2.75) is 37.1 Å². The zero-order valence-corrected chi connectivity index (χ0v) is 14.8. The standard InChI is InChI=1S/C21H18N2OS/c1-13-9-11-14(12-10-13)20-19-15(5-4-7-17(19)24)22-21-23(20)16-6-2-3-8-18(16)25-21/h2-3,6,8-12,20H,4-5,7H2,1H3. The summed E-state index contributed by atoms with van der Waals surface area (Å²) in [4.78, 5) is 21.2. The molecule has 4 heteroatoms. The molecule has 3 aliphatic rings. The van der Waals surface area contributed by atoms with E-state index in [4.69, 9.17) is 4.99 Å². The van der Waals surface area contributed by atoms with Gasteiger partial charge in [0.2, 0.25) is 0 Å². The molecule has 2 heterocycles. The number of amidine groups is 1. The van der Waals surface area contributed by atoms with Crippen LogP contribution in [0.5, 0.6) is 0 Å². The van der Waals surface area contributed by atoms with Crippen LogP contribution in [0.25, 0.3) is 0 Å². The van der Waals surface area contributed by atoms with Gasteiger partial charge in [0, 0.05) is 16.9 Å². The number of ketones is 1. The summed E-state index contributed by atoms with van der Waals surface area (Å²) in [7, 11) is 0. The molecule has 0 bridgehead atoms. The minimum Gasteiger partial charge on any atom is -0.308 e. The Morgan fingerprint density at radius 1 is 1.08 bits per heavy atom. The monoisotopic (exact) mass is 346 g/mol. The number of hydrogen-bond donors (Lipinski definition) is 0. The number of aryl methyl sites for hydroxylation is 1. The first-order valence-electron chi connectivity index (χ1n) is 8.70. The maximum Gasteiger partial charge on any atom is 0.174 e. The maximum absolute atomic E-state index is 12.8. The Bertz CT molecular complexity index is 943. The lowest BCUT2D eigenvalue weighted by molar-refractivity contribution is -0.116. The van der Waals surface area contributed by atoms with E-state index in [1.807, 2.05) is 0 Å². The molecule has 25 heavy (non-hydrogen) atoms. The maximum atomic E-state index is 12.8. The van der Waals surface area contributed by atoms with Crippen LogP contribution in [0.1, 0.15) is 36.4 Å². The summed E-state index contributed by atoms with van der Waals surface area (Å²) in [5.41, 5.74) is 5.44. The number of rotatable bonds is 1. The second kappa shape index (κ2) is 5.60. The number of para-hydroxylation sites is 1. The van der Waals surface area contributed by atoms with Crippen LogP contribution in [-0.4, -0.2) is 11.0 Å². The Morgan fingerprint density at radius 2 is 1.88 bits per heavy atom. The van der Waals surface area contributed by atoms with Gasteiger partial charge in [-0.2, -0.15) is 0 Å². The van der Waals surface area contributed by atoms with Gasteiger partial charge in [-0.05, 0) is 49.2 Å². The minimum atomic E-state index is -0.0629. The normalized spacial score (nSPS) is 21.6. The van der Waals surface area contributed by atoms with E-state index in [0.29, 0.717) is 6.42 Å². The molecule has 0 spiro atoms. The van der Waals surface area contributed by atoms with Crippen LogP contribution in [0.2, 0.25) is 0 Å². The molecule has 0 saturated heterocycles. The third-order valence-electron chi connectivity index (χ3n) is 5.12. The predicted octanol–water partition coefficient (Wildman–Crippen LogP) is 5.03. The summed E-state index contributed by atoms with van der Waals surface area (Å²) in [6, 6.07) is 16.9. The summed E-state index contributed by atoms with van der Waals surface area (Å²) in [6.45, 7) is 2.09. The van der Waals surface area contributed by atoms with Crippen molar-refractivity contribution in [2.75, 3.05) is 4.90 Å². The van der Waals surface area contributed by atoms with Crippen molar-refractivity contribution < 1.29 is 4.79 Å². The number of carbonyl (C=O) groups is 1. The first-order valence-corrected chi connectivity index (χ1v) is 9.51. The van der Waals surface area contributed by atoms with E-state index < -0.39 is 0 Å². The van der Waals surface area contributed by atoms with E-state index in [2.05, 4.69) is 60.4 Å². The molecule has 0 saturated carbocycles. The average molecular weight is 346 g/mol. The number of hydrogen-bond acceptors (Lipinski definition) is 4. The highest BCUT2D eigenvalue weighted by Crippen LogP contribution is 2.51. The van der Waals surface area contributed by atoms with Gasteiger partial charge in [-0.15, -0.1) is 0 Å². The summed E-state index contributed by atoms with van der Waals surface area (Å²) in [5.74, 6) is 0.254. The van der Waals surface area contributed by atoms with E-state index >= 15 is 0 Å². The van der Waals surface area contributed by atoms with Crippen molar-refractivity contribution >= 4 is 28.4 Å². The number of anilines is 1. The van der Waals surface area contributed by atoms with Gasteiger partial charge in [0.1, 0.15) is 0 Å². The molecular weight excluding hydrogens is 328 g/mol. The van der Waals surface area contributed by atoms with Gasteiger partial charge in [-0.1, -0.05) is 42.0 Å². The first kappa shape index (κ1) is 15.0. The van der Waals surface area contributed by atoms with Crippen molar-refractivity contribution in [1.82, 2.24) is 0 Å². The highest BCUT2D eigenvalue weighted by molar-refractivity contribution is 8.14. The summed E-state index contributed by atoms with van der Waals surface area (Å²) < 4.78 is 0. The molecule has 1 atom stereocenters. The largest absolute Gasteiger partial charge is 0.308 e. The third kappa shape index (κ3) is 2.28. The molecule has 0 amide bonds. The number of nitrogens with zero attached hydrogens (tertiary/aromatic N) is 2. The fraction of sp³-hybridized carbons (Fsp3) is 0.238. The lowest BCUT2D eigenvalue weighted by atomic mass is 9.84. The van der Waals surface area contributed by atoms with E-state index in [1.54, 1.807) is 11.8 Å². The number of carbonyl (C=O) groups excluding carboxylic acids is 1. The summed E-state index contributed by atoms with van der Waals surface area (Å²) >= 11 is 1.71. The van der Waals surface area contributed by atoms with E-state index in [9.17, 15) is 4.79 Å². The lowest BCUT2D eigenvalue weighted by Gasteiger charge is -2.37. The van der Waals surface area contributed by atoms with E-state index in [0.717, 1.165) is 40.5 Å². The molecule has 2 aliphatic heterocycles. The van der Waals surface area contributed by atoms with Crippen LogP contribution < -0.4 is 4.90 Å². The second-order valence-electron chi connectivity index (χ2n) is 6.78. The van der Waals surface area contributed by atoms with Gasteiger partial charge in [0.15, 0.2) is 11.0 Å². The Balaban J connectivity index is 1.73. The lowest BCUT2D eigenvalue weighted by Crippen LogP contribution is -2.38. The summed E-state index contributed by atoms with van der Waals surface area (Å²) in [6.07, 6.45) is 2.44. The van der Waals surface area contributed by atoms with Crippen molar-refractivity contribution in [3.63, 3.8) is 0 Å². The molecular formula is C21H18N2OS. The van der Waals surface area contributed by atoms with Crippen molar-refractivity contribution in [3.8, 4) is 0 Å². The fourth-order valence-corrected chi connectivity index (χ4v) is 4.97. The van der Waals surface area contributed by atoms with Crippen molar-refractivity contribution in [2.24, 2.45) is 4.99 Å². The van der Waals surface area contributed by atoms with Crippen molar-refractivity contribution in [1.29, 1.82) is 0 Å². The number of benzene rings is 2. The van der Waals surface area contributed by atoms with Gasteiger partial charge < -0.3 is 4.90 Å². The first-order chi connectivity index (χ1) is 12.2. The molecule has 0 aromatic heterocycles. The highest BCUT2D eigenvalue weighted by Gasteiger charge is 2.42. The SMILES string of the molecule is Cc1ccc(C2C3=C(CCCC3=O)N=C3Sc4ccccc4N32)cc1. The van der Waals surface area contributed by atoms with Crippen molar-refractivity contribution in [3.05, 3.63) is 70.9 Å². The van der Waals surface area contributed by atoms with Crippen LogP contribution in [-0.2, 0) is 4.79 Å². The molecule has 0 radical (unpaired) electrons. The van der Waals surface area contributed by atoms with Gasteiger partial charge in [0.25, 0.3) is 0 Å². The third-order valence-corrected chi connectivity index (χ3v) is 6.15. The number of fused-ring (bicyclic) bond motifs is 3. The van der Waals surface area contributed by atoms with E-state index in [1.165, 1.54) is 10.5 Å². The smallest absolute Gasteiger partial charge is 0.174 e. The molecule has 2 aromatic rings. The number of thioether (sulfide) groups is 1. The molecule has 3 nitrogen and oxygen atoms in total. The molecule has 1 aliphatic carbocycles. The summed E-state index contributed by atoms with van der Waals surface area (Å²) in [5, 5.41) is 1.00. The second-order valence-corrected chi connectivity index (χ2v) is 7.79. The highest BCUT2D eigenvalue weighted by atomic mass is 32.2. The Labute approximate surface area is 151 Å². The number of aliphatic imine (C=N–C) groups is 1. The van der Waals surface area contributed by atoms with Crippen LogP contribution in [0.4, 0.5) is 5.69 Å². The molecule has 2 aromatic carbocycles.